The molecular weight excluding hydrogens is 256 g/mol. The first-order valence-electron chi connectivity index (χ1n) is 6.84. The number of carbonyl (C=O) groups is 2. The van der Waals surface area contributed by atoms with E-state index in [1.165, 1.54) is 4.90 Å². The van der Waals surface area contributed by atoms with Crippen molar-refractivity contribution >= 4 is 11.8 Å². The smallest absolute Gasteiger partial charge is 0.254 e. The Balaban J connectivity index is 1.89. The number of likely N-dealkylation sites (tertiary alicyclic amines) is 1. The van der Waals surface area contributed by atoms with Gasteiger partial charge in [-0.15, -0.1) is 0 Å². The Morgan fingerprint density at radius 3 is 2.45 bits per heavy atom. The topological polar surface area (TPSA) is 60.9 Å². The summed E-state index contributed by atoms with van der Waals surface area (Å²) < 4.78 is 0. The van der Waals surface area contributed by atoms with Gasteiger partial charge in [-0.1, -0.05) is 18.2 Å². The molecule has 1 saturated heterocycles. The fraction of sp³-hybridized carbons (Fsp3) is 0.467. The second-order valence-electron chi connectivity index (χ2n) is 5.14. The molecule has 1 heterocycles. The molecule has 0 aliphatic carbocycles. The van der Waals surface area contributed by atoms with Crippen molar-refractivity contribution < 1.29 is 14.7 Å². The number of hydrogen-bond donors (Lipinski definition) is 1. The minimum absolute atomic E-state index is 0.0660. The number of aliphatic hydroxyl groups excluding tert-OH is 1. The number of carbonyl (C=O) groups excluding carboxylic acids is 2. The summed E-state index contributed by atoms with van der Waals surface area (Å²) in [6.45, 7) is 1.20. The predicted octanol–water partition coefficient (Wildman–Crippen LogP) is 0.742. The van der Waals surface area contributed by atoms with E-state index in [0.717, 1.165) is 0 Å². The van der Waals surface area contributed by atoms with Gasteiger partial charge in [0.1, 0.15) is 0 Å². The summed E-state index contributed by atoms with van der Waals surface area (Å²) in [6.07, 6.45) is 0.923. The molecule has 1 aromatic rings. The van der Waals surface area contributed by atoms with Gasteiger partial charge < -0.3 is 14.9 Å². The van der Waals surface area contributed by atoms with Crippen molar-refractivity contribution in [2.45, 2.75) is 18.9 Å². The second kappa shape index (κ2) is 6.52. The highest BCUT2D eigenvalue weighted by Gasteiger charge is 2.23. The fourth-order valence-corrected chi connectivity index (χ4v) is 2.29. The van der Waals surface area contributed by atoms with Gasteiger partial charge in [-0.2, -0.15) is 0 Å². The minimum atomic E-state index is -0.303. The lowest BCUT2D eigenvalue weighted by atomic mass is 10.1. The Morgan fingerprint density at radius 2 is 1.85 bits per heavy atom. The highest BCUT2D eigenvalue weighted by Crippen LogP contribution is 2.11. The van der Waals surface area contributed by atoms with Crippen LogP contribution in [0.3, 0.4) is 0 Å². The number of aliphatic hydroxyl groups is 1. The van der Waals surface area contributed by atoms with E-state index in [1.807, 2.05) is 6.07 Å². The van der Waals surface area contributed by atoms with Gasteiger partial charge in [0.2, 0.25) is 5.91 Å². The molecule has 1 aromatic carbocycles. The molecule has 1 N–H and O–H groups in total. The first kappa shape index (κ1) is 14.5. The molecule has 0 aromatic heterocycles. The highest BCUT2D eigenvalue weighted by atomic mass is 16.3. The Labute approximate surface area is 118 Å². The average Bonchev–Trinajstić information content (AvgIpc) is 2.48. The van der Waals surface area contributed by atoms with Crippen LogP contribution in [0.4, 0.5) is 0 Å². The number of piperidine rings is 1. The third kappa shape index (κ3) is 3.57. The molecule has 2 amide bonds. The molecule has 0 spiro atoms. The van der Waals surface area contributed by atoms with Crippen LogP contribution in [0.2, 0.25) is 0 Å². The van der Waals surface area contributed by atoms with E-state index < -0.39 is 0 Å². The van der Waals surface area contributed by atoms with Gasteiger partial charge in [0.25, 0.3) is 5.91 Å². The predicted molar refractivity (Wildman–Crippen MR) is 75.2 cm³/mol. The first-order chi connectivity index (χ1) is 9.58. The zero-order valence-electron chi connectivity index (χ0n) is 11.7. The summed E-state index contributed by atoms with van der Waals surface area (Å²) in [4.78, 5) is 27.4. The third-order valence-corrected chi connectivity index (χ3v) is 3.56. The van der Waals surface area contributed by atoms with Gasteiger partial charge in [-0.05, 0) is 25.0 Å². The van der Waals surface area contributed by atoms with Crippen LogP contribution in [0, 0.1) is 0 Å². The van der Waals surface area contributed by atoms with Crippen LogP contribution < -0.4 is 0 Å². The van der Waals surface area contributed by atoms with Crippen LogP contribution >= 0.6 is 0 Å². The van der Waals surface area contributed by atoms with Gasteiger partial charge in [0.15, 0.2) is 0 Å². The summed E-state index contributed by atoms with van der Waals surface area (Å²) in [5, 5.41) is 9.43. The van der Waals surface area contributed by atoms with Gasteiger partial charge in [0, 0.05) is 25.7 Å². The van der Waals surface area contributed by atoms with Crippen molar-refractivity contribution in [3.05, 3.63) is 35.9 Å². The van der Waals surface area contributed by atoms with Crippen LogP contribution in [-0.2, 0) is 4.79 Å². The number of benzene rings is 1. The van der Waals surface area contributed by atoms with Gasteiger partial charge in [-0.25, -0.2) is 0 Å². The minimum Gasteiger partial charge on any atom is -0.393 e. The molecule has 2 rings (SSSR count). The maximum absolute atomic E-state index is 12.1. The molecule has 5 nitrogen and oxygen atoms in total. The van der Waals surface area contributed by atoms with Crippen molar-refractivity contribution in [2.75, 3.05) is 26.7 Å². The van der Waals surface area contributed by atoms with Crippen molar-refractivity contribution in [1.29, 1.82) is 0 Å². The Hall–Kier alpha value is -1.88. The molecule has 0 saturated carbocycles. The number of likely N-dealkylation sites (N-methyl/N-ethyl adjacent to an activating group) is 1. The Kier molecular flexibility index (Phi) is 4.74. The van der Waals surface area contributed by atoms with Crippen LogP contribution in [0.5, 0.6) is 0 Å². The van der Waals surface area contributed by atoms with Crippen molar-refractivity contribution in [3.63, 3.8) is 0 Å². The zero-order valence-corrected chi connectivity index (χ0v) is 11.7. The summed E-state index contributed by atoms with van der Waals surface area (Å²) in [6, 6.07) is 8.92. The SMILES string of the molecule is CN(CC(=O)N1CCC(O)CC1)C(=O)c1ccccc1. The van der Waals surface area contributed by atoms with E-state index in [4.69, 9.17) is 0 Å². The lowest BCUT2D eigenvalue weighted by Gasteiger charge is -2.31. The Morgan fingerprint density at radius 1 is 1.25 bits per heavy atom. The van der Waals surface area contributed by atoms with Gasteiger partial charge >= 0.3 is 0 Å². The van der Waals surface area contributed by atoms with Crippen molar-refractivity contribution in [3.8, 4) is 0 Å². The molecule has 0 radical (unpaired) electrons. The van der Waals surface area contributed by atoms with E-state index in [9.17, 15) is 14.7 Å². The van der Waals surface area contributed by atoms with Gasteiger partial charge in [-0.3, -0.25) is 9.59 Å². The van der Waals surface area contributed by atoms with Crippen LogP contribution in [0.1, 0.15) is 23.2 Å². The molecule has 5 heteroatoms. The molecule has 0 unspecified atom stereocenters. The maximum atomic E-state index is 12.1. The van der Waals surface area contributed by atoms with Crippen molar-refractivity contribution in [1.82, 2.24) is 9.80 Å². The fourth-order valence-electron chi connectivity index (χ4n) is 2.29. The summed E-state index contributed by atoms with van der Waals surface area (Å²) in [7, 11) is 1.63. The normalized spacial score (nSPS) is 16.0. The molecule has 108 valence electrons. The zero-order chi connectivity index (χ0) is 14.5. The standard InChI is InChI=1S/C15H20N2O3/c1-16(15(20)12-5-3-2-4-6-12)11-14(19)17-9-7-13(18)8-10-17/h2-6,13,18H,7-11H2,1H3. The average molecular weight is 276 g/mol. The van der Waals surface area contributed by atoms with Crippen LogP contribution in [-0.4, -0.2) is 59.5 Å². The molecule has 1 aliphatic rings. The van der Waals surface area contributed by atoms with Gasteiger partial charge in [0.05, 0.1) is 12.6 Å². The second-order valence-corrected chi connectivity index (χ2v) is 5.14. The summed E-state index contributed by atoms with van der Waals surface area (Å²) >= 11 is 0. The quantitative estimate of drug-likeness (QED) is 0.886. The highest BCUT2D eigenvalue weighted by molar-refractivity contribution is 5.96. The lowest BCUT2D eigenvalue weighted by Crippen LogP contribution is -2.45. The molecular formula is C15H20N2O3. The first-order valence-corrected chi connectivity index (χ1v) is 6.84. The van der Waals surface area contributed by atoms with E-state index in [-0.39, 0.29) is 24.5 Å². The monoisotopic (exact) mass is 276 g/mol. The number of amides is 2. The number of rotatable bonds is 3. The third-order valence-electron chi connectivity index (χ3n) is 3.56. The lowest BCUT2D eigenvalue weighted by molar-refractivity contribution is -0.133. The Bertz CT molecular complexity index is 467. The number of hydrogen-bond acceptors (Lipinski definition) is 3. The number of nitrogens with zero attached hydrogens (tertiary/aromatic N) is 2. The van der Waals surface area contributed by atoms with Crippen LogP contribution in [0.25, 0.3) is 0 Å². The molecule has 0 atom stereocenters. The van der Waals surface area contributed by atoms with E-state index in [2.05, 4.69) is 0 Å². The van der Waals surface area contributed by atoms with Crippen molar-refractivity contribution in [2.24, 2.45) is 0 Å². The largest absolute Gasteiger partial charge is 0.393 e. The molecule has 1 fully saturated rings. The maximum Gasteiger partial charge on any atom is 0.254 e. The van der Waals surface area contributed by atoms with E-state index >= 15 is 0 Å². The van der Waals surface area contributed by atoms with E-state index in [0.29, 0.717) is 31.5 Å². The summed E-state index contributed by atoms with van der Waals surface area (Å²) in [5.74, 6) is -0.223. The molecule has 0 bridgehead atoms. The molecule has 1 aliphatic heterocycles. The summed E-state index contributed by atoms with van der Waals surface area (Å²) in [5.41, 5.74) is 0.580. The van der Waals surface area contributed by atoms with Crippen LogP contribution in [0.15, 0.2) is 30.3 Å². The molecule has 20 heavy (non-hydrogen) atoms. The van der Waals surface area contributed by atoms with E-state index in [1.54, 1.807) is 36.2 Å².